The molecule has 0 aliphatic heterocycles. The molecule has 0 bridgehead atoms. The van der Waals surface area contributed by atoms with E-state index in [0.29, 0.717) is 0 Å². The second-order valence-corrected chi connectivity index (χ2v) is 5.07. The summed E-state index contributed by atoms with van der Waals surface area (Å²) in [7, 11) is 0. The summed E-state index contributed by atoms with van der Waals surface area (Å²) in [5.74, 6) is 1.85. The molecule has 0 aliphatic carbocycles. The van der Waals surface area contributed by atoms with Crippen LogP contribution in [0.5, 0.6) is 0 Å². The molecule has 2 nitrogen and oxygen atoms in total. The fourth-order valence-electron chi connectivity index (χ4n) is 1.87. The number of benzene rings is 1. The molecule has 0 atom stereocenters. The standard InChI is InChI=1S/C14H20N2/c1-9(2)5-6-14-15-12-7-10(3)11(4)8-13(12)16-14/h7-9H,5-6H2,1-4H3,(H,15,16). The van der Waals surface area contributed by atoms with Crippen molar-refractivity contribution in [2.45, 2.75) is 40.5 Å². The first-order chi connectivity index (χ1) is 7.56. The number of imidazole rings is 1. The van der Waals surface area contributed by atoms with Gasteiger partial charge in [-0.2, -0.15) is 0 Å². The monoisotopic (exact) mass is 216 g/mol. The third kappa shape index (κ3) is 2.26. The summed E-state index contributed by atoms with van der Waals surface area (Å²) in [4.78, 5) is 8.04. The van der Waals surface area contributed by atoms with Crippen LogP contribution in [0.4, 0.5) is 0 Å². The highest BCUT2D eigenvalue weighted by Gasteiger charge is 2.05. The number of nitrogens with one attached hydrogen (secondary N) is 1. The van der Waals surface area contributed by atoms with E-state index in [1.54, 1.807) is 0 Å². The van der Waals surface area contributed by atoms with Gasteiger partial charge in [0.25, 0.3) is 0 Å². The number of H-pyrrole nitrogens is 1. The Labute approximate surface area is 97.1 Å². The smallest absolute Gasteiger partial charge is 0.107 e. The van der Waals surface area contributed by atoms with Gasteiger partial charge in [-0.1, -0.05) is 13.8 Å². The third-order valence-corrected chi connectivity index (χ3v) is 3.10. The Bertz CT molecular complexity index is 456. The highest BCUT2D eigenvalue weighted by atomic mass is 14.9. The lowest BCUT2D eigenvalue weighted by Gasteiger charge is -2.00. The summed E-state index contributed by atoms with van der Waals surface area (Å²) in [5, 5.41) is 0. The lowest BCUT2D eigenvalue weighted by Crippen LogP contribution is -1.93. The predicted octanol–water partition coefficient (Wildman–Crippen LogP) is 3.77. The van der Waals surface area contributed by atoms with Crippen LogP contribution in [-0.2, 0) is 6.42 Å². The van der Waals surface area contributed by atoms with E-state index in [-0.39, 0.29) is 0 Å². The van der Waals surface area contributed by atoms with Crippen molar-refractivity contribution in [3.8, 4) is 0 Å². The Kier molecular flexibility index (Phi) is 2.99. The molecular weight excluding hydrogens is 196 g/mol. The minimum Gasteiger partial charge on any atom is -0.342 e. The molecule has 0 saturated carbocycles. The second kappa shape index (κ2) is 4.28. The molecule has 0 saturated heterocycles. The van der Waals surface area contributed by atoms with Crippen molar-refractivity contribution < 1.29 is 0 Å². The Morgan fingerprint density at radius 1 is 1.19 bits per heavy atom. The van der Waals surface area contributed by atoms with Crippen molar-refractivity contribution in [2.24, 2.45) is 5.92 Å². The summed E-state index contributed by atoms with van der Waals surface area (Å²) in [6, 6.07) is 4.36. The molecule has 2 rings (SSSR count). The van der Waals surface area contributed by atoms with Crippen LogP contribution in [0.15, 0.2) is 12.1 Å². The van der Waals surface area contributed by atoms with Crippen molar-refractivity contribution in [3.63, 3.8) is 0 Å². The molecule has 16 heavy (non-hydrogen) atoms. The number of fused-ring (bicyclic) bond motifs is 1. The number of aromatic nitrogens is 2. The summed E-state index contributed by atoms with van der Waals surface area (Å²) in [6.45, 7) is 8.77. The van der Waals surface area contributed by atoms with E-state index < -0.39 is 0 Å². The second-order valence-electron chi connectivity index (χ2n) is 5.07. The largest absolute Gasteiger partial charge is 0.342 e. The van der Waals surface area contributed by atoms with Crippen LogP contribution in [0.25, 0.3) is 11.0 Å². The molecule has 0 amide bonds. The number of nitrogens with zero attached hydrogens (tertiary/aromatic N) is 1. The maximum Gasteiger partial charge on any atom is 0.107 e. The van der Waals surface area contributed by atoms with E-state index in [0.717, 1.165) is 23.7 Å². The first kappa shape index (κ1) is 11.2. The molecular formula is C14H20N2. The summed E-state index contributed by atoms with van der Waals surface area (Å²) >= 11 is 0. The summed E-state index contributed by atoms with van der Waals surface area (Å²) in [5.41, 5.74) is 4.91. The lowest BCUT2D eigenvalue weighted by atomic mass is 10.1. The van der Waals surface area contributed by atoms with Crippen LogP contribution in [0.3, 0.4) is 0 Å². The van der Waals surface area contributed by atoms with Gasteiger partial charge in [-0.15, -0.1) is 0 Å². The van der Waals surface area contributed by atoms with Gasteiger partial charge in [0.05, 0.1) is 11.0 Å². The molecule has 2 heteroatoms. The molecule has 1 heterocycles. The third-order valence-electron chi connectivity index (χ3n) is 3.10. The van der Waals surface area contributed by atoms with Crippen molar-refractivity contribution >= 4 is 11.0 Å². The molecule has 0 unspecified atom stereocenters. The van der Waals surface area contributed by atoms with Crippen molar-refractivity contribution in [1.29, 1.82) is 0 Å². The normalized spacial score (nSPS) is 11.6. The average Bonchev–Trinajstić information content (AvgIpc) is 2.58. The van der Waals surface area contributed by atoms with Gasteiger partial charge in [0.15, 0.2) is 0 Å². The van der Waals surface area contributed by atoms with Crippen molar-refractivity contribution in [3.05, 3.63) is 29.1 Å². The molecule has 86 valence electrons. The Hall–Kier alpha value is -1.31. The quantitative estimate of drug-likeness (QED) is 0.831. The van der Waals surface area contributed by atoms with Crippen LogP contribution >= 0.6 is 0 Å². The number of aromatic amines is 1. The molecule has 1 aromatic carbocycles. The van der Waals surface area contributed by atoms with Gasteiger partial charge in [0.2, 0.25) is 0 Å². The SMILES string of the molecule is Cc1cc2nc(CCC(C)C)[nH]c2cc1C. The molecule has 0 radical (unpaired) electrons. The van der Waals surface area contributed by atoms with Crippen molar-refractivity contribution in [1.82, 2.24) is 9.97 Å². The van der Waals surface area contributed by atoms with E-state index >= 15 is 0 Å². The lowest BCUT2D eigenvalue weighted by molar-refractivity contribution is 0.577. The van der Waals surface area contributed by atoms with Crippen LogP contribution < -0.4 is 0 Å². The molecule has 0 fully saturated rings. The first-order valence-electron chi connectivity index (χ1n) is 6.02. The molecule has 1 aromatic heterocycles. The average molecular weight is 216 g/mol. The van der Waals surface area contributed by atoms with Crippen LogP contribution in [-0.4, -0.2) is 9.97 Å². The Morgan fingerprint density at radius 2 is 1.88 bits per heavy atom. The minimum atomic E-state index is 0.733. The van der Waals surface area contributed by atoms with E-state index in [4.69, 9.17) is 0 Å². The zero-order chi connectivity index (χ0) is 11.7. The fraction of sp³-hybridized carbons (Fsp3) is 0.500. The zero-order valence-corrected chi connectivity index (χ0v) is 10.6. The van der Waals surface area contributed by atoms with Crippen LogP contribution in [0.2, 0.25) is 0 Å². The summed E-state index contributed by atoms with van der Waals surface area (Å²) < 4.78 is 0. The van der Waals surface area contributed by atoms with Gasteiger partial charge in [0.1, 0.15) is 5.82 Å². The van der Waals surface area contributed by atoms with Gasteiger partial charge >= 0.3 is 0 Å². The minimum absolute atomic E-state index is 0.733. The van der Waals surface area contributed by atoms with Gasteiger partial charge in [0, 0.05) is 6.42 Å². The Balaban J connectivity index is 2.29. The highest BCUT2D eigenvalue weighted by molar-refractivity contribution is 5.77. The fourth-order valence-corrected chi connectivity index (χ4v) is 1.87. The van der Waals surface area contributed by atoms with E-state index in [9.17, 15) is 0 Å². The summed E-state index contributed by atoms with van der Waals surface area (Å²) in [6.07, 6.45) is 2.24. The number of hydrogen-bond donors (Lipinski definition) is 1. The maximum absolute atomic E-state index is 4.63. The topological polar surface area (TPSA) is 28.7 Å². The van der Waals surface area contributed by atoms with E-state index in [1.807, 2.05) is 0 Å². The molecule has 2 aromatic rings. The predicted molar refractivity (Wildman–Crippen MR) is 68.7 cm³/mol. The molecule has 0 aliphatic rings. The maximum atomic E-state index is 4.63. The first-order valence-corrected chi connectivity index (χ1v) is 6.02. The molecule has 0 spiro atoms. The van der Waals surface area contributed by atoms with Crippen molar-refractivity contribution in [2.75, 3.05) is 0 Å². The van der Waals surface area contributed by atoms with Gasteiger partial charge in [-0.3, -0.25) is 0 Å². The van der Waals surface area contributed by atoms with Gasteiger partial charge in [-0.25, -0.2) is 4.98 Å². The number of aryl methyl sites for hydroxylation is 3. The van der Waals surface area contributed by atoms with E-state index in [2.05, 4.69) is 49.8 Å². The van der Waals surface area contributed by atoms with Gasteiger partial charge < -0.3 is 4.98 Å². The van der Waals surface area contributed by atoms with Gasteiger partial charge in [-0.05, 0) is 49.4 Å². The molecule has 1 N–H and O–H groups in total. The van der Waals surface area contributed by atoms with Crippen LogP contribution in [0, 0.1) is 19.8 Å². The van der Waals surface area contributed by atoms with Crippen LogP contribution in [0.1, 0.15) is 37.2 Å². The number of hydrogen-bond acceptors (Lipinski definition) is 1. The highest BCUT2D eigenvalue weighted by Crippen LogP contribution is 2.18. The Morgan fingerprint density at radius 3 is 2.56 bits per heavy atom. The number of rotatable bonds is 3. The van der Waals surface area contributed by atoms with E-state index in [1.165, 1.54) is 23.1 Å². The zero-order valence-electron chi connectivity index (χ0n) is 10.6.